The summed E-state index contributed by atoms with van der Waals surface area (Å²) in [6, 6.07) is 0. The first-order valence-corrected chi connectivity index (χ1v) is 7.24. The van der Waals surface area contributed by atoms with E-state index in [1.54, 1.807) is 0 Å². The molecule has 7 nitrogen and oxygen atoms in total. The predicted molar refractivity (Wildman–Crippen MR) is 82.0 cm³/mol. The summed E-state index contributed by atoms with van der Waals surface area (Å²) in [6.07, 6.45) is 0. The lowest BCUT2D eigenvalue weighted by atomic mass is 10.3. The summed E-state index contributed by atoms with van der Waals surface area (Å²) in [4.78, 5) is 4.67. The minimum Gasteiger partial charge on any atom is -0.329 e. The minimum absolute atomic E-state index is 0.676. The van der Waals surface area contributed by atoms with Crippen LogP contribution < -0.4 is 28.3 Å². The second kappa shape index (κ2) is 14.1. The van der Waals surface area contributed by atoms with Crippen LogP contribution in [0.2, 0.25) is 0 Å². The molecule has 0 unspecified atom stereocenters. The number of nitrogens with zero attached hydrogens (tertiary/aromatic N) is 2. The molecular weight excluding hydrogens is 242 g/mol. The Morgan fingerprint density at radius 3 is 1.42 bits per heavy atom. The molecule has 0 aromatic heterocycles. The van der Waals surface area contributed by atoms with Crippen molar-refractivity contribution in [2.24, 2.45) is 22.9 Å². The number of nitrogens with two attached hydrogens (primary N) is 4. The fourth-order valence-electron chi connectivity index (χ4n) is 1.97. The van der Waals surface area contributed by atoms with Gasteiger partial charge in [0.25, 0.3) is 0 Å². The lowest BCUT2D eigenvalue weighted by molar-refractivity contribution is 0.212. The molecule has 0 heterocycles. The van der Waals surface area contributed by atoms with Crippen molar-refractivity contribution in [3.63, 3.8) is 0 Å². The van der Waals surface area contributed by atoms with Crippen LogP contribution in [0.4, 0.5) is 0 Å². The third kappa shape index (κ3) is 11.3. The number of rotatable bonds is 14. The van der Waals surface area contributed by atoms with Crippen molar-refractivity contribution in [1.82, 2.24) is 15.1 Å². The smallest absolute Gasteiger partial charge is 0.0110 e. The summed E-state index contributed by atoms with van der Waals surface area (Å²) in [5, 5.41) is 3.30. The topological polar surface area (TPSA) is 123 Å². The lowest BCUT2D eigenvalue weighted by Crippen LogP contribution is -2.43. The van der Waals surface area contributed by atoms with Gasteiger partial charge in [-0.2, -0.15) is 0 Å². The predicted octanol–water partition coefficient (Wildman–Crippen LogP) is -2.99. The van der Waals surface area contributed by atoms with Crippen LogP contribution in [0.5, 0.6) is 0 Å². The summed E-state index contributed by atoms with van der Waals surface area (Å²) >= 11 is 0. The first-order valence-electron chi connectivity index (χ1n) is 7.24. The Hall–Kier alpha value is -0.280. The second-order valence-electron chi connectivity index (χ2n) is 4.59. The summed E-state index contributed by atoms with van der Waals surface area (Å²) in [5.74, 6) is 0. The van der Waals surface area contributed by atoms with Crippen LogP contribution in [-0.4, -0.2) is 88.3 Å². The maximum absolute atomic E-state index is 5.65. The normalized spacial score (nSPS) is 11.7. The first kappa shape index (κ1) is 18.7. The number of hydrogen-bond acceptors (Lipinski definition) is 7. The van der Waals surface area contributed by atoms with Gasteiger partial charge in [0.1, 0.15) is 0 Å². The first-order chi connectivity index (χ1) is 9.28. The van der Waals surface area contributed by atoms with Crippen molar-refractivity contribution in [2.75, 3.05) is 78.5 Å². The van der Waals surface area contributed by atoms with Gasteiger partial charge >= 0.3 is 0 Å². The van der Waals surface area contributed by atoms with Crippen molar-refractivity contribution in [3.05, 3.63) is 0 Å². The molecule has 7 heteroatoms. The number of hydrogen-bond donors (Lipinski definition) is 5. The van der Waals surface area contributed by atoms with Gasteiger partial charge < -0.3 is 28.3 Å². The molecule has 0 aromatic rings. The molecule has 0 fully saturated rings. The van der Waals surface area contributed by atoms with Crippen LogP contribution in [0.1, 0.15) is 0 Å². The highest BCUT2D eigenvalue weighted by atomic mass is 15.2. The summed E-state index contributed by atoms with van der Waals surface area (Å²) in [7, 11) is 0. The second-order valence-corrected chi connectivity index (χ2v) is 4.59. The highest BCUT2D eigenvalue weighted by Crippen LogP contribution is 1.91. The fourth-order valence-corrected chi connectivity index (χ4v) is 1.97. The van der Waals surface area contributed by atoms with Crippen LogP contribution in [0, 0.1) is 0 Å². The van der Waals surface area contributed by atoms with Crippen LogP contribution in [0.25, 0.3) is 0 Å². The van der Waals surface area contributed by atoms with Gasteiger partial charge in [0.2, 0.25) is 0 Å². The van der Waals surface area contributed by atoms with Crippen molar-refractivity contribution in [1.29, 1.82) is 0 Å². The Bertz CT molecular complexity index is 173. The van der Waals surface area contributed by atoms with Gasteiger partial charge in [-0.15, -0.1) is 0 Å². The van der Waals surface area contributed by atoms with Gasteiger partial charge in [0.05, 0.1) is 0 Å². The Morgan fingerprint density at radius 1 is 0.526 bits per heavy atom. The summed E-state index contributed by atoms with van der Waals surface area (Å²) in [6.45, 7) is 10.2. The molecule has 0 saturated heterocycles. The van der Waals surface area contributed by atoms with Gasteiger partial charge in [-0.25, -0.2) is 0 Å². The monoisotopic (exact) mass is 275 g/mol. The molecule has 0 bridgehead atoms. The molecule has 0 amide bonds. The third-order valence-electron chi connectivity index (χ3n) is 2.99. The fraction of sp³-hybridized carbons (Fsp3) is 1.00. The largest absolute Gasteiger partial charge is 0.329 e. The van der Waals surface area contributed by atoms with Crippen LogP contribution in [0.15, 0.2) is 0 Å². The molecule has 0 aliphatic carbocycles. The summed E-state index contributed by atoms with van der Waals surface area (Å²) in [5.41, 5.74) is 22.3. The lowest BCUT2D eigenvalue weighted by Gasteiger charge is -2.27. The Balaban J connectivity index is 3.88. The standard InChI is InChI=1S/C12H33N7/c13-1-5-17-6-10-19(9-4-16)12-11-18(7-2-14)8-3-15/h17H,1-16H2. The Kier molecular flexibility index (Phi) is 13.9. The van der Waals surface area contributed by atoms with E-state index >= 15 is 0 Å². The summed E-state index contributed by atoms with van der Waals surface area (Å²) < 4.78 is 0. The molecule has 19 heavy (non-hydrogen) atoms. The minimum atomic E-state index is 0.676. The molecule has 0 rings (SSSR count). The SMILES string of the molecule is NCCNCCN(CCN)CCN(CCN)CCN. The van der Waals surface area contributed by atoms with Crippen molar-refractivity contribution < 1.29 is 0 Å². The van der Waals surface area contributed by atoms with Gasteiger partial charge in [0, 0.05) is 78.5 Å². The maximum atomic E-state index is 5.65. The third-order valence-corrected chi connectivity index (χ3v) is 2.99. The van der Waals surface area contributed by atoms with E-state index in [1.165, 1.54) is 0 Å². The van der Waals surface area contributed by atoms with E-state index in [4.69, 9.17) is 22.9 Å². The zero-order chi connectivity index (χ0) is 14.3. The molecule has 0 aliphatic rings. The Morgan fingerprint density at radius 2 is 1.00 bits per heavy atom. The van der Waals surface area contributed by atoms with Gasteiger partial charge in [-0.1, -0.05) is 0 Å². The van der Waals surface area contributed by atoms with E-state index in [-0.39, 0.29) is 0 Å². The van der Waals surface area contributed by atoms with E-state index < -0.39 is 0 Å². The highest BCUT2D eigenvalue weighted by Gasteiger charge is 2.07. The quantitative estimate of drug-likeness (QED) is 0.214. The molecule has 0 saturated carbocycles. The van der Waals surface area contributed by atoms with E-state index in [0.29, 0.717) is 26.2 Å². The average Bonchev–Trinajstić information content (AvgIpc) is 2.41. The zero-order valence-electron chi connectivity index (χ0n) is 12.2. The Labute approximate surface area is 117 Å². The van der Waals surface area contributed by atoms with Crippen LogP contribution >= 0.6 is 0 Å². The van der Waals surface area contributed by atoms with Gasteiger partial charge in [-0.05, 0) is 0 Å². The highest BCUT2D eigenvalue weighted by molar-refractivity contribution is 4.66. The van der Waals surface area contributed by atoms with E-state index in [1.807, 2.05) is 0 Å². The molecule has 0 aromatic carbocycles. The number of nitrogens with one attached hydrogen (secondary N) is 1. The van der Waals surface area contributed by atoms with Crippen LogP contribution in [0.3, 0.4) is 0 Å². The molecular formula is C12H33N7. The van der Waals surface area contributed by atoms with Gasteiger partial charge in [-0.3, -0.25) is 9.80 Å². The molecule has 0 spiro atoms. The molecule has 9 N–H and O–H groups in total. The molecule has 116 valence electrons. The molecule has 0 radical (unpaired) electrons. The van der Waals surface area contributed by atoms with Crippen LogP contribution in [-0.2, 0) is 0 Å². The van der Waals surface area contributed by atoms with Crippen molar-refractivity contribution in [3.8, 4) is 0 Å². The molecule has 0 aliphatic heterocycles. The van der Waals surface area contributed by atoms with Gasteiger partial charge in [0.15, 0.2) is 0 Å². The maximum Gasteiger partial charge on any atom is 0.0110 e. The van der Waals surface area contributed by atoms with Crippen molar-refractivity contribution in [2.45, 2.75) is 0 Å². The van der Waals surface area contributed by atoms with E-state index in [9.17, 15) is 0 Å². The molecule has 0 atom stereocenters. The van der Waals surface area contributed by atoms with E-state index in [2.05, 4.69) is 15.1 Å². The van der Waals surface area contributed by atoms with E-state index in [0.717, 1.165) is 52.4 Å². The zero-order valence-corrected chi connectivity index (χ0v) is 12.2. The average molecular weight is 275 g/mol. The van der Waals surface area contributed by atoms with Crippen molar-refractivity contribution >= 4 is 0 Å².